The third-order valence-corrected chi connectivity index (χ3v) is 4.62. The molecule has 142 valence electrons. The van der Waals surface area contributed by atoms with Gasteiger partial charge < -0.3 is 14.4 Å². The Labute approximate surface area is 162 Å². The molecule has 4 aromatic rings. The standard InChI is InChI=1S/C22H21N3O3/c1-2-28-18-10-8-16(9-11-18)19-14-20-22(27)24(12-13-25(20)23-19)15-21(26)17-6-4-3-5-7-17/h3-14,21,26H,2,15H2,1H3. The highest BCUT2D eigenvalue weighted by atomic mass is 16.5. The molecule has 0 bridgehead atoms. The number of hydrogen-bond donors (Lipinski definition) is 1. The van der Waals surface area contributed by atoms with Crippen molar-refractivity contribution < 1.29 is 9.84 Å². The molecule has 6 heteroatoms. The number of nitrogens with zero attached hydrogens (tertiary/aromatic N) is 3. The second kappa shape index (κ2) is 7.70. The van der Waals surface area contributed by atoms with Gasteiger partial charge in [-0.05, 0) is 42.8 Å². The first-order valence-corrected chi connectivity index (χ1v) is 9.21. The van der Waals surface area contributed by atoms with Crippen molar-refractivity contribution >= 4 is 5.52 Å². The highest BCUT2D eigenvalue weighted by Gasteiger charge is 2.13. The Kier molecular flexibility index (Phi) is 4.95. The van der Waals surface area contributed by atoms with Crippen LogP contribution in [0.1, 0.15) is 18.6 Å². The van der Waals surface area contributed by atoms with Gasteiger partial charge in [0.2, 0.25) is 0 Å². The van der Waals surface area contributed by atoms with Gasteiger partial charge in [-0.15, -0.1) is 0 Å². The molecule has 6 nitrogen and oxygen atoms in total. The number of fused-ring (bicyclic) bond motifs is 1. The summed E-state index contributed by atoms with van der Waals surface area (Å²) >= 11 is 0. The minimum absolute atomic E-state index is 0.183. The van der Waals surface area contributed by atoms with Gasteiger partial charge in [0.25, 0.3) is 5.56 Å². The van der Waals surface area contributed by atoms with Gasteiger partial charge in [-0.1, -0.05) is 30.3 Å². The number of hydrogen-bond acceptors (Lipinski definition) is 4. The van der Waals surface area contributed by atoms with E-state index in [1.165, 1.54) is 4.57 Å². The van der Waals surface area contributed by atoms with Crippen LogP contribution in [0.15, 0.2) is 77.9 Å². The van der Waals surface area contributed by atoms with Crippen LogP contribution >= 0.6 is 0 Å². The quantitative estimate of drug-likeness (QED) is 0.561. The van der Waals surface area contributed by atoms with E-state index < -0.39 is 6.10 Å². The maximum Gasteiger partial charge on any atom is 0.276 e. The first kappa shape index (κ1) is 18.0. The van der Waals surface area contributed by atoms with Crippen molar-refractivity contribution in [1.82, 2.24) is 14.2 Å². The van der Waals surface area contributed by atoms with E-state index in [4.69, 9.17) is 4.74 Å². The largest absolute Gasteiger partial charge is 0.494 e. The molecule has 4 rings (SSSR count). The van der Waals surface area contributed by atoms with Gasteiger partial charge >= 0.3 is 0 Å². The lowest BCUT2D eigenvalue weighted by Crippen LogP contribution is -2.24. The van der Waals surface area contributed by atoms with Crippen LogP contribution in [0.2, 0.25) is 0 Å². The summed E-state index contributed by atoms with van der Waals surface area (Å²) in [5.74, 6) is 0.798. The van der Waals surface area contributed by atoms with Crippen LogP contribution < -0.4 is 10.3 Å². The normalized spacial score (nSPS) is 12.2. The number of rotatable bonds is 6. The molecule has 1 N–H and O–H groups in total. The molecule has 0 radical (unpaired) electrons. The summed E-state index contributed by atoms with van der Waals surface area (Å²) in [5.41, 5.74) is 2.66. The molecular weight excluding hydrogens is 354 g/mol. The van der Waals surface area contributed by atoms with Crippen LogP contribution in [-0.4, -0.2) is 25.9 Å². The Morgan fingerprint density at radius 2 is 1.82 bits per heavy atom. The van der Waals surface area contributed by atoms with E-state index in [9.17, 15) is 9.90 Å². The van der Waals surface area contributed by atoms with Crippen LogP contribution in [0.25, 0.3) is 16.8 Å². The Morgan fingerprint density at radius 1 is 1.07 bits per heavy atom. The summed E-state index contributed by atoms with van der Waals surface area (Å²) < 4.78 is 8.54. The van der Waals surface area contributed by atoms with E-state index in [-0.39, 0.29) is 12.1 Å². The van der Waals surface area contributed by atoms with Crippen molar-refractivity contribution in [2.45, 2.75) is 19.6 Å². The summed E-state index contributed by atoms with van der Waals surface area (Å²) in [6.07, 6.45) is 2.62. The van der Waals surface area contributed by atoms with E-state index in [0.29, 0.717) is 17.8 Å². The zero-order valence-corrected chi connectivity index (χ0v) is 15.5. The van der Waals surface area contributed by atoms with Crippen molar-refractivity contribution in [1.29, 1.82) is 0 Å². The number of aliphatic hydroxyl groups is 1. The summed E-state index contributed by atoms with van der Waals surface area (Å²) in [6, 6.07) is 18.7. The molecule has 0 aliphatic carbocycles. The maximum absolute atomic E-state index is 12.9. The summed E-state index contributed by atoms with van der Waals surface area (Å²) in [7, 11) is 0. The van der Waals surface area contributed by atoms with E-state index in [1.54, 1.807) is 23.0 Å². The SMILES string of the molecule is CCOc1ccc(-c2cc3c(=O)n(CC(O)c4ccccc4)ccn3n2)cc1. The summed E-state index contributed by atoms with van der Waals surface area (Å²) in [6.45, 7) is 2.74. The second-order valence-electron chi connectivity index (χ2n) is 6.50. The Balaban J connectivity index is 1.63. The predicted molar refractivity (Wildman–Crippen MR) is 107 cm³/mol. The second-order valence-corrected chi connectivity index (χ2v) is 6.50. The molecule has 1 unspecified atom stereocenters. The van der Waals surface area contributed by atoms with Gasteiger partial charge in [-0.3, -0.25) is 4.79 Å². The molecule has 0 aliphatic rings. The molecule has 0 aliphatic heterocycles. The van der Waals surface area contributed by atoms with Crippen LogP contribution in [-0.2, 0) is 6.54 Å². The van der Waals surface area contributed by atoms with E-state index >= 15 is 0 Å². The molecule has 2 heterocycles. The van der Waals surface area contributed by atoms with E-state index in [2.05, 4.69) is 5.10 Å². The lowest BCUT2D eigenvalue weighted by molar-refractivity contribution is 0.155. The molecule has 0 saturated heterocycles. The number of aliphatic hydroxyl groups excluding tert-OH is 1. The maximum atomic E-state index is 12.9. The van der Waals surface area contributed by atoms with Crippen molar-refractivity contribution in [2.75, 3.05) is 6.61 Å². The molecule has 0 amide bonds. The lowest BCUT2D eigenvalue weighted by atomic mass is 10.1. The Bertz CT molecular complexity index is 1130. The van der Waals surface area contributed by atoms with Crippen molar-refractivity contribution in [3.8, 4) is 17.0 Å². The topological polar surface area (TPSA) is 68.8 Å². The summed E-state index contributed by atoms with van der Waals surface area (Å²) in [4.78, 5) is 12.9. The van der Waals surface area contributed by atoms with Crippen molar-refractivity contribution in [3.05, 3.63) is 89.0 Å². The van der Waals surface area contributed by atoms with Crippen molar-refractivity contribution in [3.63, 3.8) is 0 Å². The first-order chi connectivity index (χ1) is 13.7. The van der Waals surface area contributed by atoms with Crippen LogP contribution in [0.4, 0.5) is 0 Å². The van der Waals surface area contributed by atoms with Gasteiger partial charge in [0.05, 0.1) is 24.9 Å². The van der Waals surface area contributed by atoms with Crippen molar-refractivity contribution in [2.24, 2.45) is 0 Å². The van der Waals surface area contributed by atoms with Gasteiger partial charge in [0, 0.05) is 18.0 Å². The monoisotopic (exact) mass is 375 g/mol. The fourth-order valence-electron chi connectivity index (χ4n) is 3.17. The minimum Gasteiger partial charge on any atom is -0.494 e. The molecule has 0 saturated carbocycles. The van der Waals surface area contributed by atoms with Crippen LogP contribution in [0.5, 0.6) is 5.75 Å². The minimum atomic E-state index is -0.755. The number of benzene rings is 2. The van der Waals surface area contributed by atoms with Crippen LogP contribution in [0.3, 0.4) is 0 Å². The molecule has 28 heavy (non-hydrogen) atoms. The highest BCUT2D eigenvalue weighted by Crippen LogP contribution is 2.22. The lowest BCUT2D eigenvalue weighted by Gasteiger charge is -2.13. The fraction of sp³-hybridized carbons (Fsp3) is 0.182. The van der Waals surface area contributed by atoms with E-state index in [0.717, 1.165) is 16.9 Å². The fourth-order valence-corrected chi connectivity index (χ4v) is 3.17. The average molecular weight is 375 g/mol. The van der Waals surface area contributed by atoms with Gasteiger partial charge in [0.1, 0.15) is 11.3 Å². The molecule has 2 aromatic heterocycles. The molecule has 1 atom stereocenters. The third kappa shape index (κ3) is 3.54. The van der Waals surface area contributed by atoms with Crippen LogP contribution in [0, 0.1) is 0 Å². The molecule has 2 aromatic carbocycles. The number of aromatic nitrogens is 3. The molecule has 0 fully saturated rings. The summed E-state index contributed by atoms with van der Waals surface area (Å²) in [5, 5.41) is 14.9. The van der Waals surface area contributed by atoms with Gasteiger partial charge in [-0.25, -0.2) is 4.52 Å². The highest BCUT2D eigenvalue weighted by molar-refractivity contribution is 5.66. The van der Waals surface area contributed by atoms with E-state index in [1.807, 2.05) is 61.5 Å². The zero-order valence-electron chi connectivity index (χ0n) is 15.5. The first-order valence-electron chi connectivity index (χ1n) is 9.21. The van der Waals surface area contributed by atoms with Gasteiger partial charge in [-0.2, -0.15) is 5.10 Å². The molecule has 0 spiro atoms. The smallest absolute Gasteiger partial charge is 0.276 e. The third-order valence-electron chi connectivity index (χ3n) is 4.62. The van der Waals surface area contributed by atoms with Gasteiger partial charge in [0.15, 0.2) is 0 Å². The Hall–Kier alpha value is -3.38. The number of ether oxygens (including phenoxy) is 1. The zero-order chi connectivity index (χ0) is 19.5. The predicted octanol–water partition coefficient (Wildman–Crippen LogP) is 3.30. The average Bonchev–Trinajstić information content (AvgIpc) is 3.17. The Morgan fingerprint density at radius 3 is 2.54 bits per heavy atom. The molecular formula is C22H21N3O3.